The number of hydrogen-bond acceptors (Lipinski definition) is 0. The van der Waals surface area contributed by atoms with Crippen LogP contribution in [-0.4, -0.2) is 12.3 Å². The second-order valence-electron chi connectivity index (χ2n) is 6.42. The van der Waals surface area contributed by atoms with Gasteiger partial charge in [0.15, 0.2) is 0 Å². The van der Waals surface area contributed by atoms with Gasteiger partial charge >= 0.3 is 142 Å². The molecule has 4 aromatic rings. The minimum absolute atomic E-state index is 1.29. The molecule has 0 aromatic heterocycles. The van der Waals surface area contributed by atoms with Gasteiger partial charge in [-0.3, -0.25) is 0 Å². The van der Waals surface area contributed by atoms with Crippen molar-refractivity contribution in [3.05, 3.63) is 72.8 Å². The SMILES string of the molecule is [CH3][Ge]1([Cl])[c]2ccc3ccccc3c2-c2[c]1ccc1ccccc21. The van der Waals surface area contributed by atoms with Gasteiger partial charge in [0.05, 0.1) is 0 Å². The molecular formula is C21H15ClGe. The summed E-state index contributed by atoms with van der Waals surface area (Å²) >= 11 is -2.73. The fraction of sp³-hybridized carbons (Fsp3) is 0.0476. The second-order valence-corrected chi connectivity index (χ2v) is 16.8. The van der Waals surface area contributed by atoms with Crippen molar-refractivity contribution in [1.82, 2.24) is 0 Å². The molecule has 0 amide bonds. The van der Waals surface area contributed by atoms with Gasteiger partial charge in [0.2, 0.25) is 0 Å². The molecule has 110 valence electrons. The summed E-state index contributed by atoms with van der Waals surface area (Å²) in [5, 5.41) is 5.25. The van der Waals surface area contributed by atoms with Crippen LogP contribution in [0.2, 0.25) is 5.76 Å². The minimum atomic E-state index is -2.73. The zero-order valence-corrected chi connectivity index (χ0v) is 15.7. The Hall–Kier alpha value is -1.77. The van der Waals surface area contributed by atoms with Crippen molar-refractivity contribution in [1.29, 1.82) is 0 Å². The molecule has 23 heavy (non-hydrogen) atoms. The first-order chi connectivity index (χ1) is 11.2. The van der Waals surface area contributed by atoms with Gasteiger partial charge in [-0.1, -0.05) is 0 Å². The summed E-state index contributed by atoms with van der Waals surface area (Å²) in [7, 11) is 7.22. The monoisotopic (exact) mass is 376 g/mol. The Morgan fingerprint density at radius 3 is 1.52 bits per heavy atom. The topological polar surface area (TPSA) is 0 Å². The van der Waals surface area contributed by atoms with Crippen molar-refractivity contribution in [3.8, 4) is 11.1 Å². The summed E-state index contributed by atoms with van der Waals surface area (Å²) in [5.41, 5.74) is 2.76. The van der Waals surface area contributed by atoms with Gasteiger partial charge in [-0.25, -0.2) is 0 Å². The fourth-order valence-electron chi connectivity index (χ4n) is 4.01. The molecule has 0 N–H and O–H groups in total. The van der Waals surface area contributed by atoms with Crippen LogP contribution in [0.1, 0.15) is 0 Å². The van der Waals surface area contributed by atoms with E-state index in [2.05, 4.69) is 78.6 Å². The van der Waals surface area contributed by atoms with Crippen LogP contribution in [0.5, 0.6) is 0 Å². The normalized spacial score (nSPS) is 14.9. The molecule has 0 unspecified atom stereocenters. The number of halogens is 1. The average Bonchev–Trinajstić information content (AvgIpc) is 2.83. The quantitative estimate of drug-likeness (QED) is 0.384. The van der Waals surface area contributed by atoms with Gasteiger partial charge in [-0.05, 0) is 0 Å². The molecule has 0 bridgehead atoms. The van der Waals surface area contributed by atoms with E-state index in [0.717, 1.165) is 0 Å². The first-order valence-corrected chi connectivity index (χ1v) is 14.9. The van der Waals surface area contributed by atoms with Crippen molar-refractivity contribution >= 4 is 52.7 Å². The van der Waals surface area contributed by atoms with Gasteiger partial charge < -0.3 is 0 Å². The predicted molar refractivity (Wildman–Crippen MR) is 104 cm³/mol. The van der Waals surface area contributed by atoms with Crippen LogP contribution < -0.4 is 8.79 Å². The first-order valence-electron chi connectivity index (χ1n) is 7.92. The molecule has 5 rings (SSSR count). The molecule has 2 heteroatoms. The van der Waals surface area contributed by atoms with Crippen molar-refractivity contribution in [2.75, 3.05) is 0 Å². The summed E-state index contributed by atoms with van der Waals surface area (Å²) in [4.78, 5) is 0. The molecule has 0 saturated heterocycles. The summed E-state index contributed by atoms with van der Waals surface area (Å²) in [6.07, 6.45) is 0. The van der Waals surface area contributed by atoms with E-state index in [4.69, 9.17) is 10.0 Å². The fourth-order valence-corrected chi connectivity index (χ4v) is 11.0. The maximum atomic E-state index is 7.22. The van der Waals surface area contributed by atoms with Crippen molar-refractivity contribution in [2.45, 2.75) is 5.76 Å². The Balaban J connectivity index is 2.06. The Morgan fingerprint density at radius 1 is 0.609 bits per heavy atom. The van der Waals surface area contributed by atoms with Gasteiger partial charge in [0, 0.05) is 0 Å². The van der Waals surface area contributed by atoms with Crippen LogP contribution in [0.4, 0.5) is 0 Å². The van der Waals surface area contributed by atoms with E-state index < -0.39 is 12.3 Å². The molecule has 4 aromatic carbocycles. The second kappa shape index (κ2) is 4.62. The zero-order chi connectivity index (χ0) is 15.6. The van der Waals surface area contributed by atoms with Crippen molar-refractivity contribution in [3.63, 3.8) is 0 Å². The Bertz CT molecular complexity index is 1010. The van der Waals surface area contributed by atoms with Crippen LogP contribution in [0.15, 0.2) is 72.8 Å². The molecule has 1 aliphatic rings. The van der Waals surface area contributed by atoms with Crippen molar-refractivity contribution in [2.24, 2.45) is 0 Å². The average molecular weight is 375 g/mol. The predicted octanol–water partition coefficient (Wildman–Crippen LogP) is 4.90. The van der Waals surface area contributed by atoms with Crippen LogP contribution in [-0.2, 0) is 0 Å². The molecule has 0 nitrogen and oxygen atoms in total. The summed E-state index contributed by atoms with van der Waals surface area (Å²) in [6, 6.07) is 26.3. The van der Waals surface area contributed by atoms with Crippen LogP contribution in [0.25, 0.3) is 32.7 Å². The first kappa shape index (κ1) is 13.7. The van der Waals surface area contributed by atoms with E-state index in [9.17, 15) is 0 Å². The van der Waals surface area contributed by atoms with Crippen LogP contribution >= 0.6 is 10.0 Å². The molecular weight excluding hydrogens is 360 g/mol. The number of rotatable bonds is 0. The van der Waals surface area contributed by atoms with Crippen molar-refractivity contribution < 1.29 is 0 Å². The van der Waals surface area contributed by atoms with E-state index >= 15 is 0 Å². The van der Waals surface area contributed by atoms with E-state index in [-0.39, 0.29) is 0 Å². The Labute approximate surface area is 142 Å². The molecule has 0 atom stereocenters. The Morgan fingerprint density at radius 2 is 1.04 bits per heavy atom. The summed E-state index contributed by atoms with van der Waals surface area (Å²) in [6.45, 7) is 0. The molecule has 0 radical (unpaired) electrons. The van der Waals surface area contributed by atoms with Gasteiger partial charge in [-0.2, -0.15) is 0 Å². The van der Waals surface area contributed by atoms with E-state index in [1.54, 1.807) is 0 Å². The molecule has 1 aliphatic heterocycles. The van der Waals surface area contributed by atoms with Crippen LogP contribution in [0, 0.1) is 0 Å². The third-order valence-electron chi connectivity index (χ3n) is 5.12. The number of benzene rings is 4. The molecule has 0 saturated carbocycles. The van der Waals surface area contributed by atoms with Gasteiger partial charge in [0.1, 0.15) is 0 Å². The number of hydrogen-bond donors (Lipinski definition) is 0. The molecule has 0 spiro atoms. The maximum absolute atomic E-state index is 7.22. The van der Waals surface area contributed by atoms with E-state index in [1.807, 2.05) is 0 Å². The molecule has 0 fully saturated rings. The standard InChI is InChI=1S/C21H15ClGe/c1-23(22)18-12-10-14-6-2-4-8-16(14)20(18)21-17-9-5-3-7-15(17)11-13-19(21)23/h2-13H,1H3. The molecule has 1 heterocycles. The van der Waals surface area contributed by atoms with Gasteiger partial charge in [-0.15, -0.1) is 0 Å². The van der Waals surface area contributed by atoms with Crippen LogP contribution in [0.3, 0.4) is 0 Å². The molecule has 0 aliphatic carbocycles. The third kappa shape index (κ3) is 1.74. The summed E-state index contributed by atoms with van der Waals surface area (Å²) < 4.78 is 2.80. The Kier molecular flexibility index (Phi) is 2.74. The van der Waals surface area contributed by atoms with Gasteiger partial charge in [0.25, 0.3) is 0 Å². The number of fused-ring (bicyclic) bond motifs is 7. The summed E-state index contributed by atoms with van der Waals surface area (Å²) in [5.74, 6) is 2.30. The third-order valence-corrected chi connectivity index (χ3v) is 13.2. The van der Waals surface area contributed by atoms with E-state index in [1.165, 1.54) is 41.5 Å². The zero-order valence-electron chi connectivity index (χ0n) is 12.8. The van der Waals surface area contributed by atoms with E-state index in [0.29, 0.717) is 0 Å².